The fraction of sp³-hybridized carbons (Fsp3) is 0.400. The van der Waals surface area contributed by atoms with Crippen LogP contribution in [0.4, 0.5) is 0 Å². The Labute approximate surface area is 118 Å². The first-order valence-corrected chi connectivity index (χ1v) is 6.70. The second-order valence-electron chi connectivity index (χ2n) is 5.73. The second-order valence-corrected chi connectivity index (χ2v) is 5.73. The molecule has 5 heteroatoms. The highest BCUT2D eigenvalue weighted by molar-refractivity contribution is 5.65. The van der Waals surface area contributed by atoms with Crippen molar-refractivity contribution in [3.05, 3.63) is 46.2 Å². The molecule has 0 saturated heterocycles. The van der Waals surface area contributed by atoms with Gasteiger partial charge in [0.2, 0.25) is 0 Å². The van der Waals surface area contributed by atoms with E-state index in [1.54, 1.807) is 6.33 Å². The summed E-state index contributed by atoms with van der Waals surface area (Å²) in [6.07, 6.45) is 7.41. The van der Waals surface area contributed by atoms with Crippen molar-refractivity contribution in [2.75, 3.05) is 0 Å². The molecule has 106 valence electrons. The predicted molar refractivity (Wildman–Crippen MR) is 80.4 cm³/mol. The number of hydrogen-bond acceptors (Lipinski definition) is 3. The summed E-state index contributed by atoms with van der Waals surface area (Å²) >= 11 is 0. The number of aryl methyl sites for hydroxylation is 1. The summed E-state index contributed by atoms with van der Waals surface area (Å²) in [5.74, 6) is 0.684. The first-order chi connectivity index (χ1) is 9.38. The molecular formula is C15H20N4O. The van der Waals surface area contributed by atoms with Crippen LogP contribution in [0.3, 0.4) is 0 Å². The zero-order valence-corrected chi connectivity index (χ0v) is 12.3. The maximum absolute atomic E-state index is 11.7. The zero-order chi connectivity index (χ0) is 14.8. The number of aromatic amines is 1. The van der Waals surface area contributed by atoms with Crippen molar-refractivity contribution in [3.63, 3.8) is 0 Å². The van der Waals surface area contributed by atoms with E-state index in [4.69, 9.17) is 0 Å². The van der Waals surface area contributed by atoms with Crippen LogP contribution in [0.2, 0.25) is 0 Å². The van der Waals surface area contributed by atoms with E-state index in [-0.39, 0.29) is 11.0 Å². The molecule has 0 radical (unpaired) electrons. The third-order valence-corrected chi connectivity index (χ3v) is 2.92. The molecule has 0 fully saturated rings. The SMILES string of the molecule is CCn1cnc(/C=C/c2cc(=O)[nH]c(C(C)(C)C)n2)c1. The molecule has 2 rings (SSSR count). The fourth-order valence-electron chi connectivity index (χ4n) is 1.72. The summed E-state index contributed by atoms with van der Waals surface area (Å²) in [7, 11) is 0. The van der Waals surface area contributed by atoms with Crippen LogP contribution in [0.25, 0.3) is 12.2 Å². The molecule has 2 aromatic heterocycles. The Kier molecular flexibility index (Phi) is 3.88. The predicted octanol–water partition coefficient (Wildman–Crippen LogP) is 2.45. The molecule has 0 aliphatic heterocycles. The number of hydrogen-bond donors (Lipinski definition) is 1. The largest absolute Gasteiger partial charge is 0.337 e. The van der Waals surface area contributed by atoms with E-state index in [1.807, 2.05) is 43.7 Å². The minimum absolute atomic E-state index is 0.135. The van der Waals surface area contributed by atoms with Crippen LogP contribution >= 0.6 is 0 Å². The monoisotopic (exact) mass is 272 g/mol. The molecule has 0 spiro atoms. The number of H-pyrrole nitrogens is 1. The Hall–Kier alpha value is -2.17. The Bertz CT molecular complexity index is 674. The van der Waals surface area contributed by atoms with E-state index in [1.165, 1.54) is 6.07 Å². The minimum Gasteiger partial charge on any atom is -0.337 e. The number of rotatable bonds is 3. The van der Waals surface area contributed by atoms with Gasteiger partial charge < -0.3 is 9.55 Å². The summed E-state index contributed by atoms with van der Waals surface area (Å²) in [6, 6.07) is 1.49. The van der Waals surface area contributed by atoms with Crippen molar-refractivity contribution >= 4 is 12.2 Å². The lowest BCUT2D eigenvalue weighted by atomic mass is 9.95. The molecule has 0 bridgehead atoms. The minimum atomic E-state index is -0.188. The Balaban J connectivity index is 2.29. The van der Waals surface area contributed by atoms with Crippen molar-refractivity contribution in [2.24, 2.45) is 0 Å². The average Bonchev–Trinajstić information content (AvgIpc) is 2.82. The van der Waals surface area contributed by atoms with Gasteiger partial charge in [-0.3, -0.25) is 4.79 Å². The van der Waals surface area contributed by atoms with E-state index in [0.29, 0.717) is 11.5 Å². The lowest BCUT2D eigenvalue weighted by Gasteiger charge is -2.16. The lowest BCUT2D eigenvalue weighted by molar-refractivity contribution is 0.542. The molecule has 0 aliphatic rings. The van der Waals surface area contributed by atoms with E-state index < -0.39 is 0 Å². The van der Waals surface area contributed by atoms with Crippen LogP contribution in [0.1, 0.15) is 44.9 Å². The highest BCUT2D eigenvalue weighted by Gasteiger charge is 2.16. The van der Waals surface area contributed by atoms with Gasteiger partial charge >= 0.3 is 0 Å². The molecule has 0 aliphatic carbocycles. The molecule has 5 nitrogen and oxygen atoms in total. The van der Waals surface area contributed by atoms with Gasteiger partial charge in [-0.25, -0.2) is 9.97 Å². The maximum atomic E-state index is 11.7. The molecule has 0 amide bonds. The van der Waals surface area contributed by atoms with Crippen LogP contribution in [0, 0.1) is 0 Å². The summed E-state index contributed by atoms with van der Waals surface area (Å²) in [4.78, 5) is 23.2. The van der Waals surface area contributed by atoms with Crippen LogP contribution in [0.5, 0.6) is 0 Å². The Morgan fingerprint density at radius 3 is 2.60 bits per heavy atom. The first-order valence-electron chi connectivity index (χ1n) is 6.70. The fourth-order valence-corrected chi connectivity index (χ4v) is 1.72. The number of nitrogens with one attached hydrogen (secondary N) is 1. The van der Waals surface area contributed by atoms with Gasteiger partial charge in [-0.15, -0.1) is 0 Å². The standard InChI is InChI=1S/C15H20N4O/c1-5-19-9-12(16-10-19)7-6-11-8-13(20)18-14(17-11)15(2,3)4/h6-10H,5H2,1-4H3,(H,17,18,20)/b7-6+. The Morgan fingerprint density at radius 2 is 2.00 bits per heavy atom. The number of nitrogens with zero attached hydrogens (tertiary/aromatic N) is 3. The molecule has 0 atom stereocenters. The van der Waals surface area contributed by atoms with Crippen molar-refractivity contribution in [1.82, 2.24) is 19.5 Å². The van der Waals surface area contributed by atoms with Gasteiger partial charge in [-0.1, -0.05) is 20.8 Å². The highest BCUT2D eigenvalue weighted by Crippen LogP contribution is 2.17. The van der Waals surface area contributed by atoms with Crippen LogP contribution in [-0.4, -0.2) is 19.5 Å². The zero-order valence-electron chi connectivity index (χ0n) is 12.3. The summed E-state index contributed by atoms with van der Waals surface area (Å²) in [5.41, 5.74) is 1.17. The van der Waals surface area contributed by atoms with Gasteiger partial charge in [-0.05, 0) is 19.1 Å². The van der Waals surface area contributed by atoms with E-state index in [9.17, 15) is 4.79 Å². The van der Waals surface area contributed by atoms with E-state index >= 15 is 0 Å². The van der Waals surface area contributed by atoms with E-state index in [2.05, 4.69) is 21.9 Å². The average molecular weight is 272 g/mol. The molecule has 2 aromatic rings. The van der Waals surface area contributed by atoms with Crippen LogP contribution in [0.15, 0.2) is 23.4 Å². The molecule has 0 unspecified atom stereocenters. The maximum Gasteiger partial charge on any atom is 0.251 e. The van der Waals surface area contributed by atoms with Crippen LogP contribution in [-0.2, 0) is 12.0 Å². The molecule has 0 aromatic carbocycles. The number of imidazole rings is 1. The molecule has 0 saturated carbocycles. The smallest absolute Gasteiger partial charge is 0.251 e. The quantitative estimate of drug-likeness (QED) is 0.933. The topological polar surface area (TPSA) is 63.6 Å². The number of aromatic nitrogens is 4. The molecule has 20 heavy (non-hydrogen) atoms. The summed E-state index contributed by atoms with van der Waals surface area (Å²) in [6.45, 7) is 8.99. The van der Waals surface area contributed by atoms with Crippen molar-refractivity contribution in [2.45, 2.75) is 39.7 Å². The summed E-state index contributed by atoms with van der Waals surface area (Å²) < 4.78 is 1.99. The van der Waals surface area contributed by atoms with Gasteiger partial charge in [0.1, 0.15) is 5.82 Å². The highest BCUT2D eigenvalue weighted by atomic mass is 16.1. The van der Waals surface area contributed by atoms with Gasteiger partial charge in [0, 0.05) is 24.2 Å². The third kappa shape index (κ3) is 3.44. The van der Waals surface area contributed by atoms with Crippen LogP contribution < -0.4 is 5.56 Å². The Morgan fingerprint density at radius 1 is 1.30 bits per heavy atom. The molecule has 1 N–H and O–H groups in total. The van der Waals surface area contributed by atoms with Gasteiger partial charge in [0.15, 0.2) is 0 Å². The van der Waals surface area contributed by atoms with Gasteiger partial charge in [0.05, 0.1) is 17.7 Å². The normalized spacial score (nSPS) is 12.2. The van der Waals surface area contributed by atoms with E-state index in [0.717, 1.165) is 12.2 Å². The van der Waals surface area contributed by atoms with Crippen molar-refractivity contribution in [3.8, 4) is 0 Å². The van der Waals surface area contributed by atoms with Crippen molar-refractivity contribution < 1.29 is 0 Å². The third-order valence-electron chi connectivity index (χ3n) is 2.92. The second kappa shape index (κ2) is 5.45. The van der Waals surface area contributed by atoms with Gasteiger partial charge in [0.25, 0.3) is 5.56 Å². The molecule has 2 heterocycles. The lowest BCUT2D eigenvalue weighted by Crippen LogP contribution is -2.22. The summed E-state index contributed by atoms with van der Waals surface area (Å²) in [5, 5.41) is 0. The van der Waals surface area contributed by atoms with Crippen molar-refractivity contribution in [1.29, 1.82) is 0 Å². The first kappa shape index (κ1) is 14.2. The molecular weight excluding hydrogens is 252 g/mol. The van der Waals surface area contributed by atoms with Gasteiger partial charge in [-0.2, -0.15) is 0 Å².